The number of non-ortho nitro benzene ring substituents is 1. The summed E-state index contributed by atoms with van der Waals surface area (Å²) in [6, 6.07) is 8.23. The minimum Gasteiger partial charge on any atom is -0.474 e. The molecule has 6 heteroatoms. The number of aromatic nitrogens is 1. The first-order valence-corrected chi connectivity index (χ1v) is 6.65. The highest BCUT2D eigenvalue weighted by Gasteiger charge is 2.15. The van der Waals surface area contributed by atoms with E-state index < -0.39 is 4.92 Å². The summed E-state index contributed by atoms with van der Waals surface area (Å²) in [4.78, 5) is 14.7. The highest BCUT2D eigenvalue weighted by atomic mass is 16.6. The lowest BCUT2D eigenvalue weighted by molar-refractivity contribution is -0.384. The number of piperidine rings is 1. The molecule has 0 amide bonds. The Morgan fingerprint density at radius 3 is 2.80 bits per heavy atom. The first-order chi connectivity index (χ1) is 9.72. The van der Waals surface area contributed by atoms with Crippen molar-refractivity contribution in [3.05, 3.63) is 40.4 Å². The summed E-state index contributed by atoms with van der Waals surface area (Å²) in [5, 5.41) is 14.8. The number of nitrogens with zero attached hydrogens (tertiary/aromatic N) is 2. The smallest absolute Gasteiger partial charge is 0.270 e. The van der Waals surface area contributed by atoms with Crippen LogP contribution in [0.2, 0.25) is 0 Å². The van der Waals surface area contributed by atoms with Crippen molar-refractivity contribution in [2.75, 3.05) is 13.1 Å². The van der Waals surface area contributed by atoms with E-state index in [4.69, 9.17) is 4.74 Å². The lowest BCUT2D eigenvalue weighted by Crippen LogP contribution is -2.34. The molecular weight excluding hydrogens is 258 g/mol. The van der Waals surface area contributed by atoms with Gasteiger partial charge in [-0.2, -0.15) is 0 Å². The molecule has 1 aromatic carbocycles. The van der Waals surface area contributed by atoms with E-state index in [-0.39, 0.29) is 11.8 Å². The van der Waals surface area contributed by atoms with Crippen molar-refractivity contribution < 1.29 is 9.66 Å². The lowest BCUT2D eigenvalue weighted by atomic mass is 10.1. The zero-order valence-electron chi connectivity index (χ0n) is 10.9. The Hall–Kier alpha value is -2.21. The number of hydrogen-bond acceptors (Lipinski definition) is 5. The van der Waals surface area contributed by atoms with Gasteiger partial charge in [0.2, 0.25) is 5.88 Å². The summed E-state index contributed by atoms with van der Waals surface area (Å²) in [5.74, 6) is 0.582. The van der Waals surface area contributed by atoms with Crippen LogP contribution in [0.15, 0.2) is 30.3 Å². The van der Waals surface area contributed by atoms with Gasteiger partial charge in [-0.05, 0) is 38.1 Å². The van der Waals surface area contributed by atoms with Crippen LogP contribution in [0, 0.1) is 10.1 Å². The fourth-order valence-corrected chi connectivity index (χ4v) is 2.36. The molecule has 2 aromatic rings. The maximum Gasteiger partial charge on any atom is 0.270 e. The summed E-state index contributed by atoms with van der Waals surface area (Å²) in [6.07, 6.45) is 2.14. The Labute approximate surface area is 115 Å². The topological polar surface area (TPSA) is 77.3 Å². The highest BCUT2D eigenvalue weighted by Crippen LogP contribution is 2.23. The fraction of sp³-hybridized carbons (Fsp3) is 0.357. The molecule has 3 rings (SSSR count). The van der Waals surface area contributed by atoms with E-state index >= 15 is 0 Å². The standard InChI is InChI=1S/C14H15N3O3/c18-17(19)11-2-3-13-10(9-11)1-4-14(16-13)20-12-5-7-15-8-6-12/h1-4,9,12,15H,5-8H2. The number of nitro groups is 1. The van der Waals surface area contributed by atoms with Crippen LogP contribution >= 0.6 is 0 Å². The van der Waals surface area contributed by atoms with Crippen molar-refractivity contribution >= 4 is 16.6 Å². The van der Waals surface area contributed by atoms with Crippen LogP contribution in [-0.2, 0) is 0 Å². The van der Waals surface area contributed by atoms with Crippen molar-refractivity contribution in [1.29, 1.82) is 0 Å². The molecule has 2 heterocycles. The van der Waals surface area contributed by atoms with Gasteiger partial charge in [-0.15, -0.1) is 0 Å². The summed E-state index contributed by atoms with van der Waals surface area (Å²) < 4.78 is 5.86. The van der Waals surface area contributed by atoms with Gasteiger partial charge < -0.3 is 10.1 Å². The molecule has 6 nitrogen and oxygen atoms in total. The third-order valence-corrected chi connectivity index (χ3v) is 3.43. The van der Waals surface area contributed by atoms with Crippen molar-refractivity contribution in [3.63, 3.8) is 0 Å². The van der Waals surface area contributed by atoms with E-state index in [0.717, 1.165) is 31.3 Å². The Morgan fingerprint density at radius 1 is 1.25 bits per heavy atom. The molecule has 0 radical (unpaired) electrons. The van der Waals surface area contributed by atoms with Gasteiger partial charge in [0, 0.05) is 23.6 Å². The number of benzene rings is 1. The quantitative estimate of drug-likeness (QED) is 0.685. The number of rotatable bonds is 3. The minimum atomic E-state index is -0.404. The van der Waals surface area contributed by atoms with E-state index in [1.807, 2.05) is 6.07 Å². The van der Waals surface area contributed by atoms with Crippen molar-refractivity contribution in [1.82, 2.24) is 10.3 Å². The van der Waals surface area contributed by atoms with Gasteiger partial charge in [-0.3, -0.25) is 10.1 Å². The van der Waals surface area contributed by atoms with Crippen molar-refractivity contribution in [3.8, 4) is 5.88 Å². The predicted octanol–water partition coefficient (Wildman–Crippen LogP) is 2.27. The molecule has 1 N–H and O–H groups in total. The van der Waals surface area contributed by atoms with Gasteiger partial charge >= 0.3 is 0 Å². The van der Waals surface area contributed by atoms with Gasteiger partial charge in [-0.1, -0.05) is 0 Å². The Balaban J connectivity index is 1.83. The SMILES string of the molecule is O=[N+]([O-])c1ccc2nc(OC3CCNCC3)ccc2c1. The molecule has 1 aliphatic heterocycles. The van der Waals surface area contributed by atoms with E-state index in [1.165, 1.54) is 12.1 Å². The van der Waals surface area contributed by atoms with Gasteiger partial charge in [0.05, 0.1) is 10.4 Å². The number of pyridine rings is 1. The van der Waals surface area contributed by atoms with Gasteiger partial charge in [-0.25, -0.2) is 4.98 Å². The van der Waals surface area contributed by atoms with Gasteiger partial charge in [0.15, 0.2) is 0 Å². The third-order valence-electron chi connectivity index (χ3n) is 3.43. The van der Waals surface area contributed by atoms with Crippen LogP contribution in [-0.4, -0.2) is 29.1 Å². The maximum atomic E-state index is 10.7. The van der Waals surface area contributed by atoms with Crippen LogP contribution in [0.25, 0.3) is 10.9 Å². The first-order valence-electron chi connectivity index (χ1n) is 6.65. The molecule has 0 saturated carbocycles. The number of fused-ring (bicyclic) bond motifs is 1. The molecule has 0 bridgehead atoms. The monoisotopic (exact) mass is 273 g/mol. The molecule has 104 valence electrons. The number of nitro benzene ring substituents is 1. The Morgan fingerprint density at radius 2 is 2.05 bits per heavy atom. The molecule has 20 heavy (non-hydrogen) atoms. The van der Waals surface area contributed by atoms with Gasteiger partial charge in [0.1, 0.15) is 6.10 Å². The predicted molar refractivity (Wildman–Crippen MR) is 74.9 cm³/mol. The summed E-state index contributed by atoms with van der Waals surface area (Å²) in [6.45, 7) is 1.93. The minimum absolute atomic E-state index is 0.0753. The number of hydrogen-bond donors (Lipinski definition) is 1. The molecule has 1 aliphatic rings. The molecule has 0 unspecified atom stereocenters. The van der Waals surface area contributed by atoms with Crippen LogP contribution in [0.5, 0.6) is 5.88 Å². The third kappa shape index (κ3) is 2.70. The summed E-state index contributed by atoms with van der Waals surface area (Å²) in [7, 11) is 0. The zero-order valence-corrected chi connectivity index (χ0v) is 10.9. The second kappa shape index (κ2) is 5.42. The van der Waals surface area contributed by atoms with Crippen molar-refractivity contribution in [2.24, 2.45) is 0 Å². The fourth-order valence-electron chi connectivity index (χ4n) is 2.36. The molecule has 0 spiro atoms. The molecule has 0 aliphatic carbocycles. The van der Waals surface area contributed by atoms with E-state index in [2.05, 4.69) is 10.3 Å². The average Bonchev–Trinajstić information content (AvgIpc) is 2.47. The van der Waals surface area contributed by atoms with E-state index in [1.54, 1.807) is 12.1 Å². The molecular formula is C14H15N3O3. The van der Waals surface area contributed by atoms with Crippen LogP contribution in [0.1, 0.15) is 12.8 Å². The molecule has 1 saturated heterocycles. The average molecular weight is 273 g/mol. The van der Waals surface area contributed by atoms with Crippen LogP contribution in [0.4, 0.5) is 5.69 Å². The zero-order chi connectivity index (χ0) is 13.9. The number of nitrogens with one attached hydrogen (secondary N) is 1. The van der Waals surface area contributed by atoms with E-state index in [9.17, 15) is 10.1 Å². The van der Waals surface area contributed by atoms with E-state index in [0.29, 0.717) is 11.4 Å². The van der Waals surface area contributed by atoms with Crippen molar-refractivity contribution in [2.45, 2.75) is 18.9 Å². The Bertz CT molecular complexity index is 639. The molecule has 1 aromatic heterocycles. The lowest BCUT2D eigenvalue weighted by Gasteiger charge is -2.23. The largest absolute Gasteiger partial charge is 0.474 e. The van der Waals surface area contributed by atoms with Crippen LogP contribution < -0.4 is 10.1 Å². The molecule has 0 atom stereocenters. The number of ether oxygens (including phenoxy) is 1. The first kappa shape index (κ1) is 12.8. The summed E-state index contributed by atoms with van der Waals surface area (Å²) >= 11 is 0. The summed E-state index contributed by atoms with van der Waals surface area (Å²) in [5.41, 5.74) is 0.786. The Kier molecular flexibility index (Phi) is 3.47. The van der Waals surface area contributed by atoms with Crippen LogP contribution in [0.3, 0.4) is 0 Å². The highest BCUT2D eigenvalue weighted by molar-refractivity contribution is 5.81. The second-order valence-corrected chi connectivity index (χ2v) is 4.85. The second-order valence-electron chi connectivity index (χ2n) is 4.85. The maximum absolute atomic E-state index is 10.7. The molecule has 1 fully saturated rings. The van der Waals surface area contributed by atoms with Gasteiger partial charge in [0.25, 0.3) is 5.69 Å². The normalized spacial score (nSPS) is 16.2.